The van der Waals surface area contributed by atoms with Crippen LogP contribution in [0.5, 0.6) is 17.4 Å². The number of amides is 1. The zero-order valence-electron chi connectivity index (χ0n) is 20.7. The highest BCUT2D eigenvalue weighted by atomic mass is 19.1. The highest BCUT2D eigenvalue weighted by Gasteiger charge is 2.29. The van der Waals surface area contributed by atoms with Crippen molar-refractivity contribution >= 4 is 11.9 Å². The molecule has 0 atom stereocenters. The average Bonchev–Trinajstić information content (AvgIpc) is 2.90. The first-order valence-corrected chi connectivity index (χ1v) is 12.5. The van der Waals surface area contributed by atoms with Crippen molar-refractivity contribution in [1.82, 2.24) is 14.9 Å². The van der Waals surface area contributed by atoms with E-state index in [4.69, 9.17) is 19.4 Å². The predicted molar refractivity (Wildman–Crippen MR) is 135 cm³/mol. The molecule has 0 saturated carbocycles. The number of piperidine rings is 1. The summed E-state index contributed by atoms with van der Waals surface area (Å²) in [5.74, 6) is 2.03. The Bertz CT molecular complexity index is 1230. The zero-order chi connectivity index (χ0) is 25.1. The lowest BCUT2D eigenvalue weighted by Gasteiger charge is -2.33. The molecule has 1 fully saturated rings. The number of halogens is 1. The topological polar surface area (TPSA) is 67.8 Å². The Morgan fingerprint density at radius 3 is 2.53 bits per heavy atom. The molecule has 0 N–H and O–H groups in total. The molecule has 36 heavy (non-hydrogen) atoms. The molecule has 0 spiro atoms. The van der Waals surface area contributed by atoms with E-state index in [1.807, 2.05) is 24.3 Å². The van der Waals surface area contributed by atoms with E-state index in [2.05, 4.69) is 11.8 Å². The van der Waals surface area contributed by atoms with Crippen molar-refractivity contribution in [3.05, 3.63) is 71.2 Å². The largest absolute Gasteiger partial charge is 0.497 e. The van der Waals surface area contributed by atoms with Crippen molar-refractivity contribution in [3.63, 3.8) is 0 Å². The number of rotatable bonds is 6. The summed E-state index contributed by atoms with van der Waals surface area (Å²) in [4.78, 5) is 26.7. The van der Waals surface area contributed by atoms with Crippen molar-refractivity contribution in [3.8, 4) is 17.4 Å². The van der Waals surface area contributed by atoms with Gasteiger partial charge in [0.2, 0.25) is 17.7 Å². The average molecular weight is 491 g/mol. The van der Waals surface area contributed by atoms with Gasteiger partial charge in [0.05, 0.1) is 31.3 Å². The molecule has 0 bridgehead atoms. The van der Waals surface area contributed by atoms with Crippen LogP contribution >= 0.6 is 0 Å². The monoisotopic (exact) mass is 490 g/mol. The minimum absolute atomic E-state index is 0.0109. The van der Waals surface area contributed by atoms with Gasteiger partial charge in [-0.15, -0.1) is 0 Å². The van der Waals surface area contributed by atoms with E-state index >= 15 is 0 Å². The van der Waals surface area contributed by atoms with Gasteiger partial charge >= 0.3 is 0 Å². The quantitative estimate of drug-likeness (QED) is 0.495. The summed E-state index contributed by atoms with van der Waals surface area (Å²) in [7, 11) is 1.62. The van der Waals surface area contributed by atoms with Gasteiger partial charge in [0.25, 0.3) is 0 Å². The van der Waals surface area contributed by atoms with Gasteiger partial charge in [0.15, 0.2) is 11.6 Å². The number of anilines is 1. The standard InChI is InChI=1S/C28H31FN4O3/c1-19-11-14-32(15-12-19)28-30-24-13-16-33(26(34)17-20-7-9-21(35-2)10-8-20)18-22(24)27(31-28)36-25-6-4-3-5-23(25)29/h3-10,19H,11-18H2,1-2H3. The Labute approximate surface area is 210 Å². The lowest BCUT2D eigenvalue weighted by Crippen LogP contribution is -2.39. The van der Waals surface area contributed by atoms with Crippen LogP contribution in [-0.2, 0) is 24.2 Å². The first kappa shape index (κ1) is 24.0. The molecule has 2 aliphatic heterocycles. The summed E-state index contributed by atoms with van der Waals surface area (Å²) < 4.78 is 25.7. The molecule has 0 aliphatic carbocycles. The fraction of sp³-hybridized carbons (Fsp3) is 0.393. The van der Waals surface area contributed by atoms with E-state index in [0.29, 0.717) is 37.3 Å². The van der Waals surface area contributed by atoms with Crippen LogP contribution in [0.15, 0.2) is 48.5 Å². The minimum atomic E-state index is -0.457. The van der Waals surface area contributed by atoms with Crippen molar-refractivity contribution < 1.29 is 18.7 Å². The van der Waals surface area contributed by atoms with E-state index in [1.165, 1.54) is 6.07 Å². The fourth-order valence-electron chi connectivity index (χ4n) is 4.68. The summed E-state index contributed by atoms with van der Waals surface area (Å²) in [6, 6.07) is 13.8. The lowest BCUT2D eigenvalue weighted by molar-refractivity contribution is -0.131. The molecule has 5 rings (SSSR count). The van der Waals surface area contributed by atoms with E-state index < -0.39 is 5.82 Å². The van der Waals surface area contributed by atoms with Gasteiger partial charge in [0, 0.05) is 26.1 Å². The summed E-state index contributed by atoms with van der Waals surface area (Å²) >= 11 is 0. The smallest absolute Gasteiger partial charge is 0.229 e. The number of benzene rings is 2. The van der Waals surface area contributed by atoms with Crippen LogP contribution < -0.4 is 14.4 Å². The molecule has 1 aromatic heterocycles. The zero-order valence-corrected chi connectivity index (χ0v) is 20.7. The fourth-order valence-corrected chi connectivity index (χ4v) is 4.68. The summed E-state index contributed by atoms with van der Waals surface area (Å²) in [6.45, 7) is 4.91. The molecule has 1 saturated heterocycles. The number of carbonyl (C=O) groups excluding carboxylic acids is 1. The second-order valence-electron chi connectivity index (χ2n) is 9.55. The van der Waals surface area contributed by atoms with Crippen LogP contribution in [0, 0.1) is 11.7 Å². The van der Waals surface area contributed by atoms with Crippen LogP contribution in [0.3, 0.4) is 0 Å². The third-order valence-electron chi connectivity index (χ3n) is 6.99. The summed E-state index contributed by atoms with van der Waals surface area (Å²) in [5.41, 5.74) is 2.51. The van der Waals surface area contributed by atoms with Gasteiger partial charge in [0.1, 0.15) is 5.75 Å². The Kier molecular flexibility index (Phi) is 7.02. The van der Waals surface area contributed by atoms with E-state index in [0.717, 1.165) is 48.5 Å². The second kappa shape index (κ2) is 10.5. The van der Waals surface area contributed by atoms with Crippen LogP contribution in [0.4, 0.5) is 10.3 Å². The maximum atomic E-state index is 14.5. The van der Waals surface area contributed by atoms with E-state index in [9.17, 15) is 9.18 Å². The van der Waals surface area contributed by atoms with Crippen LogP contribution in [-0.4, -0.2) is 47.5 Å². The third kappa shape index (κ3) is 5.27. The van der Waals surface area contributed by atoms with E-state index in [1.54, 1.807) is 30.2 Å². The molecular weight excluding hydrogens is 459 g/mol. The van der Waals surface area contributed by atoms with Crippen LogP contribution in [0.2, 0.25) is 0 Å². The number of hydrogen-bond donors (Lipinski definition) is 0. The molecule has 3 heterocycles. The first-order valence-electron chi connectivity index (χ1n) is 12.5. The molecular formula is C28H31FN4O3. The third-order valence-corrected chi connectivity index (χ3v) is 6.99. The maximum Gasteiger partial charge on any atom is 0.229 e. The normalized spacial score (nSPS) is 16.0. The van der Waals surface area contributed by atoms with Gasteiger partial charge < -0.3 is 19.3 Å². The van der Waals surface area contributed by atoms with E-state index in [-0.39, 0.29) is 18.1 Å². The molecule has 1 amide bonds. The minimum Gasteiger partial charge on any atom is -0.497 e. The van der Waals surface area contributed by atoms with Crippen LogP contribution in [0.25, 0.3) is 0 Å². The van der Waals surface area contributed by atoms with Crippen molar-refractivity contribution in [2.24, 2.45) is 5.92 Å². The number of para-hydroxylation sites is 1. The number of nitrogens with zero attached hydrogens (tertiary/aromatic N) is 4. The van der Waals surface area contributed by atoms with Gasteiger partial charge in [-0.25, -0.2) is 9.37 Å². The Balaban J connectivity index is 1.41. The highest BCUT2D eigenvalue weighted by Crippen LogP contribution is 2.33. The molecule has 2 aliphatic rings. The second-order valence-corrected chi connectivity index (χ2v) is 9.55. The molecule has 0 unspecified atom stereocenters. The number of carbonyl (C=O) groups is 1. The van der Waals surface area contributed by atoms with Crippen LogP contribution in [0.1, 0.15) is 36.6 Å². The van der Waals surface area contributed by atoms with Crippen molar-refractivity contribution in [1.29, 1.82) is 0 Å². The predicted octanol–water partition coefficient (Wildman–Crippen LogP) is 4.78. The summed E-state index contributed by atoms with van der Waals surface area (Å²) in [6.07, 6.45) is 3.04. The Morgan fingerprint density at radius 2 is 1.81 bits per heavy atom. The first-order chi connectivity index (χ1) is 17.5. The highest BCUT2D eigenvalue weighted by molar-refractivity contribution is 5.79. The molecule has 8 heteroatoms. The number of methoxy groups -OCH3 is 1. The number of ether oxygens (including phenoxy) is 2. The van der Waals surface area contributed by atoms with Crippen molar-refractivity contribution in [2.45, 2.75) is 39.2 Å². The van der Waals surface area contributed by atoms with Gasteiger partial charge in [-0.2, -0.15) is 4.98 Å². The lowest BCUT2D eigenvalue weighted by atomic mass is 9.99. The molecule has 188 valence electrons. The SMILES string of the molecule is COc1ccc(CC(=O)N2CCc3nc(N4CCC(C)CC4)nc(Oc4ccccc4F)c3C2)cc1. The van der Waals surface area contributed by atoms with Crippen molar-refractivity contribution in [2.75, 3.05) is 31.6 Å². The number of aromatic nitrogens is 2. The number of fused-ring (bicyclic) bond motifs is 1. The van der Waals surface area contributed by atoms with Gasteiger partial charge in [-0.05, 0) is 48.6 Å². The number of hydrogen-bond acceptors (Lipinski definition) is 6. The van der Waals surface area contributed by atoms with Gasteiger partial charge in [-0.1, -0.05) is 31.2 Å². The maximum absolute atomic E-state index is 14.5. The van der Waals surface area contributed by atoms with Gasteiger partial charge in [-0.3, -0.25) is 4.79 Å². The molecule has 2 aromatic carbocycles. The Hall–Kier alpha value is -3.68. The Morgan fingerprint density at radius 1 is 1.06 bits per heavy atom. The molecule has 0 radical (unpaired) electrons. The molecule has 3 aromatic rings. The molecule has 7 nitrogen and oxygen atoms in total. The summed E-state index contributed by atoms with van der Waals surface area (Å²) in [5, 5.41) is 0.